The SMILES string of the molecule is COc1cc(C)c(CCNC(=O)C#N)cc1C(C)C. The van der Waals surface area contributed by atoms with Gasteiger partial charge in [0.15, 0.2) is 6.07 Å². The van der Waals surface area contributed by atoms with Crippen molar-refractivity contribution in [1.82, 2.24) is 5.32 Å². The van der Waals surface area contributed by atoms with Crippen LogP contribution in [0.15, 0.2) is 12.1 Å². The van der Waals surface area contributed by atoms with Gasteiger partial charge in [0, 0.05) is 6.54 Å². The minimum Gasteiger partial charge on any atom is -0.496 e. The van der Waals surface area contributed by atoms with Crippen LogP contribution in [0.4, 0.5) is 0 Å². The van der Waals surface area contributed by atoms with Gasteiger partial charge >= 0.3 is 5.91 Å². The molecule has 0 saturated carbocycles. The minimum atomic E-state index is -0.588. The molecule has 19 heavy (non-hydrogen) atoms. The number of benzene rings is 1. The van der Waals surface area contributed by atoms with Gasteiger partial charge in [-0.05, 0) is 42.0 Å². The first kappa shape index (κ1) is 15.0. The number of amides is 1. The van der Waals surface area contributed by atoms with Crippen molar-refractivity contribution < 1.29 is 9.53 Å². The maximum absolute atomic E-state index is 10.9. The molecule has 0 aliphatic carbocycles. The zero-order valence-electron chi connectivity index (χ0n) is 11.9. The molecule has 1 N–H and O–H groups in total. The van der Waals surface area contributed by atoms with Gasteiger partial charge in [-0.3, -0.25) is 4.79 Å². The van der Waals surface area contributed by atoms with E-state index in [9.17, 15) is 4.79 Å². The van der Waals surface area contributed by atoms with Crippen LogP contribution in [0.5, 0.6) is 5.75 Å². The highest BCUT2D eigenvalue weighted by atomic mass is 16.5. The number of ether oxygens (including phenoxy) is 1. The Kier molecular flexibility index (Phi) is 5.37. The van der Waals surface area contributed by atoms with Crippen LogP contribution < -0.4 is 10.1 Å². The number of carbonyl (C=O) groups is 1. The lowest BCUT2D eigenvalue weighted by atomic mass is 9.95. The fourth-order valence-electron chi connectivity index (χ4n) is 1.99. The summed E-state index contributed by atoms with van der Waals surface area (Å²) in [5.74, 6) is 0.690. The Hall–Kier alpha value is -2.02. The topological polar surface area (TPSA) is 62.1 Å². The van der Waals surface area contributed by atoms with Crippen molar-refractivity contribution in [1.29, 1.82) is 5.26 Å². The second kappa shape index (κ2) is 6.79. The van der Waals surface area contributed by atoms with Crippen LogP contribution in [-0.2, 0) is 11.2 Å². The molecular weight excluding hydrogens is 240 g/mol. The first-order valence-electron chi connectivity index (χ1n) is 6.35. The molecule has 1 amide bonds. The van der Waals surface area contributed by atoms with E-state index in [4.69, 9.17) is 10.00 Å². The zero-order chi connectivity index (χ0) is 14.4. The van der Waals surface area contributed by atoms with Crippen molar-refractivity contribution in [2.24, 2.45) is 0 Å². The summed E-state index contributed by atoms with van der Waals surface area (Å²) < 4.78 is 5.39. The molecular formula is C15H20N2O2. The number of methoxy groups -OCH3 is 1. The van der Waals surface area contributed by atoms with Gasteiger partial charge in [-0.1, -0.05) is 19.9 Å². The van der Waals surface area contributed by atoms with E-state index in [-0.39, 0.29) is 0 Å². The zero-order valence-corrected chi connectivity index (χ0v) is 11.9. The number of hydrogen-bond acceptors (Lipinski definition) is 3. The molecule has 102 valence electrons. The summed E-state index contributed by atoms with van der Waals surface area (Å²) in [7, 11) is 1.67. The standard InChI is InChI=1S/C15H20N2O2/c1-10(2)13-8-12(5-6-17-15(18)9-16)11(3)7-14(13)19-4/h7-8,10H,5-6H2,1-4H3,(H,17,18). The molecule has 0 saturated heterocycles. The molecule has 0 aromatic heterocycles. The van der Waals surface area contributed by atoms with Crippen molar-refractivity contribution in [2.45, 2.75) is 33.1 Å². The van der Waals surface area contributed by atoms with E-state index in [2.05, 4.69) is 25.2 Å². The van der Waals surface area contributed by atoms with E-state index >= 15 is 0 Å². The van der Waals surface area contributed by atoms with Crippen LogP contribution in [0.25, 0.3) is 0 Å². The average Bonchev–Trinajstić information content (AvgIpc) is 2.39. The van der Waals surface area contributed by atoms with Gasteiger partial charge in [-0.2, -0.15) is 5.26 Å². The second-order valence-electron chi connectivity index (χ2n) is 4.79. The number of carbonyl (C=O) groups excluding carboxylic acids is 1. The number of nitriles is 1. The molecule has 0 aliphatic rings. The molecule has 0 spiro atoms. The predicted octanol–water partition coefficient (Wildman–Crippen LogP) is 2.31. The van der Waals surface area contributed by atoms with Crippen LogP contribution in [-0.4, -0.2) is 19.6 Å². The van der Waals surface area contributed by atoms with Gasteiger partial charge in [0.05, 0.1) is 7.11 Å². The molecule has 1 aromatic carbocycles. The third-order valence-corrected chi connectivity index (χ3v) is 3.09. The molecule has 4 heteroatoms. The van der Waals surface area contributed by atoms with E-state index in [1.165, 1.54) is 5.56 Å². The maximum Gasteiger partial charge on any atom is 0.322 e. The molecule has 0 aliphatic heterocycles. The van der Waals surface area contributed by atoms with Gasteiger partial charge < -0.3 is 10.1 Å². The average molecular weight is 260 g/mol. The van der Waals surface area contributed by atoms with E-state index in [1.54, 1.807) is 13.2 Å². The van der Waals surface area contributed by atoms with E-state index in [0.717, 1.165) is 16.9 Å². The van der Waals surface area contributed by atoms with Crippen LogP contribution in [0.3, 0.4) is 0 Å². The smallest absolute Gasteiger partial charge is 0.322 e. The number of nitrogens with zero attached hydrogens (tertiary/aromatic N) is 1. The summed E-state index contributed by atoms with van der Waals surface area (Å²) >= 11 is 0. The summed E-state index contributed by atoms with van der Waals surface area (Å²) in [5.41, 5.74) is 3.46. The van der Waals surface area contributed by atoms with Crippen molar-refractivity contribution in [2.75, 3.05) is 13.7 Å². The fraction of sp³-hybridized carbons (Fsp3) is 0.467. The summed E-state index contributed by atoms with van der Waals surface area (Å²) in [6, 6.07) is 5.69. The van der Waals surface area contributed by atoms with Crippen LogP contribution in [0.2, 0.25) is 0 Å². The van der Waals surface area contributed by atoms with Gasteiger partial charge in [-0.15, -0.1) is 0 Å². The number of aryl methyl sites for hydroxylation is 1. The minimum absolute atomic E-state index is 0.378. The largest absolute Gasteiger partial charge is 0.496 e. The highest BCUT2D eigenvalue weighted by Gasteiger charge is 2.11. The molecule has 0 atom stereocenters. The second-order valence-corrected chi connectivity index (χ2v) is 4.79. The summed E-state index contributed by atoms with van der Waals surface area (Å²) in [5, 5.41) is 10.9. The van der Waals surface area contributed by atoms with Crippen molar-refractivity contribution in [3.8, 4) is 11.8 Å². The summed E-state index contributed by atoms with van der Waals surface area (Å²) in [6.07, 6.45) is 0.711. The molecule has 1 rings (SSSR count). The summed E-state index contributed by atoms with van der Waals surface area (Å²) in [6.45, 7) is 6.73. The monoisotopic (exact) mass is 260 g/mol. The lowest BCUT2D eigenvalue weighted by Gasteiger charge is -2.16. The lowest BCUT2D eigenvalue weighted by molar-refractivity contribution is -0.115. The Morgan fingerprint density at radius 1 is 1.47 bits per heavy atom. The Labute approximate surface area is 114 Å². The molecule has 4 nitrogen and oxygen atoms in total. The Morgan fingerprint density at radius 2 is 2.16 bits per heavy atom. The Morgan fingerprint density at radius 3 is 2.68 bits per heavy atom. The Balaban J connectivity index is 2.87. The number of hydrogen-bond donors (Lipinski definition) is 1. The van der Waals surface area contributed by atoms with Crippen LogP contribution in [0.1, 0.15) is 36.5 Å². The lowest BCUT2D eigenvalue weighted by Crippen LogP contribution is -2.24. The van der Waals surface area contributed by atoms with Crippen molar-refractivity contribution >= 4 is 5.91 Å². The third kappa shape index (κ3) is 3.99. The molecule has 0 unspecified atom stereocenters. The molecule has 0 bridgehead atoms. The van der Waals surface area contributed by atoms with Gasteiger partial charge in [-0.25, -0.2) is 0 Å². The molecule has 0 radical (unpaired) electrons. The molecule has 0 fully saturated rings. The van der Waals surface area contributed by atoms with Gasteiger partial charge in [0.25, 0.3) is 0 Å². The normalized spacial score (nSPS) is 10.1. The molecule has 0 heterocycles. The Bertz CT molecular complexity index is 502. The van der Waals surface area contributed by atoms with E-state index < -0.39 is 5.91 Å². The number of nitrogens with one attached hydrogen (secondary N) is 1. The van der Waals surface area contributed by atoms with E-state index in [1.807, 2.05) is 13.0 Å². The van der Waals surface area contributed by atoms with Gasteiger partial charge in [0.2, 0.25) is 0 Å². The first-order chi connectivity index (χ1) is 8.99. The highest BCUT2D eigenvalue weighted by molar-refractivity contribution is 5.91. The van der Waals surface area contributed by atoms with Crippen LogP contribution >= 0.6 is 0 Å². The van der Waals surface area contributed by atoms with Gasteiger partial charge in [0.1, 0.15) is 5.75 Å². The van der Waals surface area contributed by atoms with Crippen molar-refractivity contribution in [3.63, 3.8) is 0 Å². The quantitative estimate of drug-likeness (QED) is 0.826. The fourth-order valence-corrected chi connectivity index (χ4v) is 1.99. The third-order valence-electron chi connectivity index (χ3n) is 3.09. The van der Waals surface area contributed by atoms with Crippen molar-refractivity contribution in [3.05, 3.63) is 28.8 Å². The predicted molar refractivity (Wildman–Crippen MR) is 74.1 cm³/mol. The molecule has 1 aromatic rings. The first-order valence-corrected chi connectivity index (χ1v) is 6.35. The summed E-state index contributed by atoms with van der Waals surface area (Å²) in [4.78, 5) is 10.9. The highest BCUT2D eigenvalue weighted by Crippen LogP contribution is 2.29. The maximum atomic E-state index is 10.9. The van der Waals surface area contributed by atoms with E-state index in [0.29, 0.717) is 18.9 Å². The number of rotatable bonds is 5. The van der Waals surface area contributed by atoms with Crippen LogP contribution in [0, 0.1) is 18.3 Å².